The van der Waals surface area contributed by atoms with Crippen LogP contribution in [0.2, 0.25) is 0 Å². The molecule has 6 bridgehead atoms. The minimum atomic E-state index is -4.73. The number of rotatable bonds is 6. The van der Waals surface area contributed by atoms with Crippen molar-refractivity contribution in [2.45, 2.75) is 0 Å². The fourth-order valence-electron chi connectivity index (χ4n) is 8.05. The summed E-state index contributed by atoms with van der Waals surface area (Å²) in [6.45, 7) is 0. The summed E-state index contributed by atoms with van der Waals surface area (Å²) < 4.78 is 46.2. The van der Waals surface area contributed by atoms with Crippen LogP contribution < -0.4 is 20.0 Å². The highest BCUT2D eigenvalue weighted by Crippen LogP contribution is 2.53. The topological polar surface area (TPSA) is 129 Å². The predicted molar refractivity (Wildman–Crippen MR) is 286 cm³/mol. The van der Waals surface area contributed by atoms with E-state index in [0.717, 1.165) is 58.0 Å². The molecule has 0 unspecified atom stereocenters. The first-order chi connectivity index (χ1) is 31.8. The van der Waals surface area contributed by atoms with Gasteiger partial charge in [0.05, 0.1) is 0 Å². The molecule has 0 aliphatic carbocycles. The van der Waals surface area contributed by atoms with Gasteiger partial charge < -0.3 is 19.7 Å². The highest BCUT2D eigenvalue weighted by molar-refractivity contribution is 9.14. The Morgan fingerprint density at radius 2 is 0.742 bits per heavy atom. The number of aliphatic imine (C=N–C) groups is 4. The van der Waals surface area contributed by atoms with Gasteiger partial charge in [0.15, 0.2) is 23.3 Å². The molecule has 2 aromatic heterocycles. The summed E-state index contributed by atoms with van der Waals surface area (Å²) in [5.74, 6) is 2.88. The molecule has 4 aliphatic heterocycles. The first-order valence-corrected chi connectivity index (χ1v) is 28.7. The van der Waals surface area contributed by atoms with Crippen molar-refractivity contribution in [3.63, 3.8) is 0 Å². The second kappa shape index (κ2) is 16.8. The number of fused-ring (bicyclic) bond motifs is 14. The molecular formula is C44H18AlBr8N8O4P. The standard InChI is InChI=1S/C32H8Br8N8.C12H11O4P.Al/c33-17-1-9-10(2-18(17)34)26-41-25(9)45-27-11-3-19(35)20(36)4-12(11)29(42-27)47-31-15-7-23(39)24(40)8-16(15)32(44-31)48-30-14-6-22(38)21(37)5-13(14)28(43-30)46-26;13-17(14,15-11-7-3-1-4-8-11)16-12-9-5-2-6-10-12;/h1-8H;1-10H,(H,13,14);/q-2;;+3/p-1. The Morgan fingerprint density at radius 3 is 1.12 bits per heavy atom. The number of phosphoric acid groups is 1. The van der Waals surface area contributed by atoms with Gasteiger partial charge in [0.1, 0.15) is 34.1 Å². The van der Waals surface area contributed by atoms with Crippen LogP contribution in [0.25, 0.3) is 21.5 Å². The van der Waals surface area contributed by atoms with Crippen LogP contribution in [-0.4, -0.2) is 45.4 Å². The lowest BCUT2D eigenvalue weighted by Gasteiger charge is -2.24. The van der Waals surface area contributed by atoms with Gasteiger partial charge in [-0.1, -0.05) is 36.4 Å². The molecule has 0 saturated heterocycles. The van der Waals surface area contributed by atoms with Gasteiger partial charge in [0, 0.05) is 79.6 Å². The maximum absolute atomic E-state index is 16.0. The van der Waals surface area contributed by atoms with E-state index in [-0.39, 0.29) is 11.5 Å². The molecule has 6 aromatic carbocycles. The van der Waals surface area contributed by atoms with Gasteiger partial charge in [-0.05, 0) is 200 Å². The summed E-state index contributed by atoms with van der Waals surface area (Å²) in [4.78, 5) is 32.1. The molecule has 66 heavy (non-hydrogen) atoms. The number of aromatic nitrogens is 2. The number of benzene rings is 6. The predicted octanol–water partition coefficient (Wildman–Crippen LogP) is 14.3. The summed E-state index contributed by atoms with van der Waals surface area (Å²) in [5.41, 5.74) is 3.74. The van der Waals surface area contributed by atoms with Gasteiger partial charge >= 0.3 is 22.7 Å². The van der Waals surface area contributed by atoms with E-state index in [1.807, 2.05) is 67.8 Å². The molecule has 0 amide bonds. The molecular weight excluding hydrogens is 1400 g/mol. The molecule has 0 radical (unpaired) electrons. The molecule has 0 spiro atoms. The number of hydrogen-bond donors (Lipinski definition) is 0. The molecule has 322 valence electrons. The second-order valence-corrected chi connectivity index (χ2v) is 25.6. The van der Waals surface area contributed by atoms with Crippen LogP contribution >= 0.6 is 135 Å². The minimum Gasteiger partial charge on any atom is -0.397 e. The lowest BCUT2D eigenvalue weighted by Crippen LogP contribution is -2.48. The van der Waals surface area contributed by atoms with Crippen molar-refractivity contribution in [2.24, 2.45) is 30.0 Å². The van der Waals surface area contributed by atoms with Crippen LogP contribution in [0.15, 0.2) is 175 Å². The number of nitrogens with zero attached hydrogens (tertiary/aromatic N) is 8. The Morgan fingerprint density at radius 1 is 0.409 bits per heavy atom. The molecule has 12 nitrogen and oxygen atoms in total. The molecule has 0 N–H and O–H groups in total. The van der Waals surface area contributed by atoms with Crippen LogP contribution in [0.3, 0.4) is 0 Å². The van der Waals surface area contributed by atoms with Crippen molar-refractivity contribution in [2.75, 3.05) is 0 Å². The van der Waals surface area contributed by atoms with E-state index in [1.54, 1.807) is 48.5 Å². The lowest BCUT2D eigenvalue weighted by molar-refractivity contribution is 0.294. The Labute approximate surface area is 445 Å². The fourth-order valence-corrected chi connectivity index (χ4v) is 15.5. The van der Waals surface area contributed by atoms with Crippen LogP contribution in [0.1, 0.15) is 22.3 Å². The maximum Gasteiger partial charge on any atom is 0.820 e. The number of para-hydroxylation sites is 2. The molecule has 0 fully saturated rings. The SMILES string of the molecule is O=P(Oc1ccccc1)(Oc1ccccc1)[O][Al]1[n]2c3c4cc(Br)c(Br)cc4c2N=C2N=C(N=c4c5cc(Br)c(Br)cc5c([n]41)=NC1=NC(=N3)c3cc(Br)c(Br)cc31)c1cc(Br)c(Br)cc12. The van der Waals surface area contributed by atoms with Gasteiger partial charge in [0.2, 0.25) is 0 Å². The molecule has 6 heterocycles. The van der Waals surface area contributed by atoms with Crippen LogP contribution in [0.4, 0.5) is 11.6 Å². The van der Waals surface area contributed by atoms with Crippen molar-refractivity contribution in [3.8, 4) is 11.5 Å². The van der Waals surface area contributed by atoms with E-state index in [1.165, 1.54) is 0 Å². The number of halogens is 8. The summed E-state index contributed by atoms with van der Waals surface area (Å²) >= 11 is 26.2. The Bertz CT molecular complexity index is 3610. The summed E-state index contributed by atoms with van der Waals surface area (Å²) in [5, 5.41) is 2.72. The number of amidine groups is 4. The molecule has 22 heteroatoms. The van der Waals surface area contributed by atoms with E-state index in [0.29, 0.717) is 67.5 Å². The van der Waals surface area contributed by atoms with Crippen molar-refractivity contribution >= 4 is 207 Å². The molecule has 0 saturated carbocycles. The van der Waals surface area contributed by atoms with Crippen LogP contribution in [-0.2, 0) is 8.14 Å². The van der Waals surface area contributed by atoms with E-state index >= 15 is 4.57 Å². The van der Waals surface area contributed by atoms with Gasteiger partial charge in [-0.3, -0.25) is 0 Å². The third-order valence-corrected chi connectivity index (χ3v) is 22.8. The normalized spacial score (nSPS) is 14.5. The third-order valence-electron chi connectivity index (χ3n) is 10.9. The fraction of sp³-hybridized carbons (Fsp3) is 0. The van der Waals surface area contributed by atoms with Crippen LogP contribution in [0.5, 0.6) is 11.5 Å². The van der Waals surface area contributed by atoms with E-state index < -0.39 is 22.7 Å². The average molecular weight is 1420 g/mol. The quantitative estimate of drug-likeness (QED) is 0.121. The van der Waals surface area contributed by atoms with E-state index in [2.05, 4.69) is 127 Å². The number of phosphoric ester groups is 1. The van der Waals surface area contributed by atoms with Gasteiger partial charge in [-0.25, -0.2) is 34.5 Å². The van der Waals surface area contributed by atoms with Crippen LogP contribution in [0, 0.1) is 0 Å². The average Bonchev–Trinajstić information content (AvgIpc) is 3.96. The number of hydrogen-bond acceptors (Lipinski definition) is 10. The largest absolute Gasteiger partial charge is 0.820 e. The molecule has 8 aromatic rings. The maximum atomic E-state index is 16.0. The first kappa shape index (κ1) is 44.1. The van der Waals surface area contributed by atoms with Crippen molar-refractivity contribution in [3.05, 3.63) is 178 Å². The smallest absolute Gasteiger partial charge is 0.397 e. The summed E-state index contributed by atoms with van der Waals surface area (Å²) in [6.07, 6.45) is 0. The Kier molecular flexibility index (Phi) is 11.2. The minimum absolute atomic E-state index is 0.261. The zero-order chi connectivity index (χ0) is 45.3. The van der Waals surface area contributed by atoms with Gasteiger partial charge in [-0.15, -0.1) is 0 Å². The monoisotopic (exact) mass is 1410 g/mol. The van der Waals surface area contributed by atoms with Crippen molar-refractivity contribution < 1.29 is 17.2 Å². The van der Waals surface area contributed by atoms with Gasteiger partial charge in [0.25, 0.3) is 0 Å². The summed E-state index contributed by atoms with van der Waals surface area (Å²) in [6, 6.07) is 33.3. The molecule has 4 aliphatic rings. The highest BCUT2D eigenvalue weighted by Gasteiger charge is 2.50. The molecule has 12 rings (SSSR count). The summed E-state index contributed by atoms with van der Waals surface area (Å²) in [7, 11) is -4.73. The highest BCUT2D eigenvalue weighted by atomic mass is 79.9. The van der Waals surface area contributed by atoms with Gasteiger partial charge in [-0.2, -0.15) is 0 Å². The Balaban J connectivity index is 1.31. The Hall–Kier alpha value is -3.16. The van der Waals surface area contributed by atoms with E-state index in [9.17, 15) is 0 Å². The van der Waals surface area contributed by atoms with E-state index in [4.69, 9.17) is 42.6 Å². The zero-order valence-corrected chi connectivity index (χ0v) is 47.4. The van der Waals surface area contributed by atoms with Crippen molar-refractivity contribution in [1.82, 2.24) is 7.10 Å². The lowest BCUT2D eigenvalue weighted by atomic mass is 10.1. The second-order valence-electron chi connectivity index (χ2n) is 14.9. The van der Waals surface area contributed by atoms with Crippen molar-refractivity contribution in [1.29, 1.82) is 0 Å². The molecule has 0 atom stereocenters. The zero-order valence-electron chi connectivity index (χ0n) is 32.7. The first-order valence-electron chi connectivity index (χ1n) is 19.4. The third kappa shape index (κ3) is 7.38.